The molecule has 1 aromatic heterocycles. The van der Waals surface area contributed by atoms with Gasteiger partial charge in [-0.05, 0) is 23.3 Å². The molecule has 0 saturated carbocycles. The van der Waals surface area contributed by atoms with Gasteiger partial charge in [0.1, 0.15) is 23.8 Å². The van der Waals surface area contributed by atoms with Crippen molar-refractivity contribution in [1.29, 1.82) is 0 Å². The van der Waals surface area contributed by atoms with E-state index in [1.165, 1.54) is 17.7 Å². The molecule has 5 nitrogen and oxygen atoms in total. The SMILES string of the molecule is Cn1cnnc1C1CN(Cc2ccccc2)CC12CN(Cc1cc(F)cc(F)c1)C2. The van der Waals surface area contributed by atoms with Crippen molar-refractivity contribution in [3.8, 4) is 0 Å². The van der Waals surface area contributed by atoms with Crippen LogP contribution in [0.1, 0.15) is 22.9 Å². The van der Waals surface area contributed by atoms with Crippen molar-refractivity contribution in [1.82, 2.24) is 24.6 Å². The van der Waals surface area contributed by atoms with Gasteiger partial charge in [-0.2, -0.15) is 0 Å². The second-order valence-electron chi connectivity index (χ2n) is 8.79. The van der Waals surface area contributed by atoms with Crippen LogP contribution in [-0.4, -0.2) is 50.7 Å². The molecule has 0 N–H and O–H groups in total. The Morgan fingerprint density at radius 1 is 0.933 bits per heavy atom. The molecule has 0 amide bonds. The molecule has 3 heterocycles. The number of hydrogen-bond donors (Lipinski definition) is 0. The third-order valence-corrected chi connectivity index (χ3v) is 6.43. The zero-order chi connectivity index (χ0) is 20.7. The monoisotopic (exact) mass is 409 g/mol. The molecule has 5 rings (SSSR count). The van der Waals surface area contributed by atoms with Crippen LogP contribution in [0.25, 0.3) is 0 Å². The molecule has 1 spiro atoms. The minimum Gasteiger partial charge on any atom is -0.320 e. The van der Waals surface area contributed by atoms with E-state index >= 15 is 0 Å². The Hall–Kier alpha value is -2.64. The molecule has 30 heavy (non-hydrogen) atoms. The average Bonchev–Trinajstić information content (AvgIpc) is 3.25. The van der Waals surface area contributed by atoms with Crippen molar-refractivity contribution in [2.75, 3.05) is 26.2 Å². The van der Waals surface area contributed by atoms with Crippen LogP contribution < -0.4 is 0 Å². The average molecular weight is 409 g/mol. The van der Waals surface area contributed by atoms with Crippen molar-refractivity contribution < 1.29 is 8.78 Å². The Morgan fingerprint density at radius 2 is 1.60 bits per heavy atom. The summed E-state index contributed by atoms with van der Waals surface area (Å²) in [5.41, 5.74) is 2.07. The minimum atomic E-state index is -0.521. The lowest BCUT2D eigenvalue weighted by molar-refractivity contribution is -0.0117. The molecule has 2 saturated heterocycles. The number of benzene rings is 2. The summed E-state index contributed by atoms with van der Waals surface area (Å²) in [6.45, 7) is 5.14. The Bertz CT molecular complexity index is 1010. The van der Waals surface area contributed by atoms with Gasteiger partial charge in [0.2, 0.25) is 0 Å². The fraction of sp³-hybridized carbons (Fsp3) is 0.391. The molecular weight excluding hydrogens is 384 g/mol. The van der Waals surface area contributed by atoms with Crippen LogP contribution in [0, 0.1) is 17.0 Å². The maximum atomic E-state index is 13.6. The Kier molecular flexibility index (Phi) is 4.87. The van der Waals surface area contributed by atoms with Gasteiger partial charge in [-0.3, -0.25) is 9.80 Å². The van der Waals surface area contributed by atoms with Gasteiger partial charge < -0.3 is 4.57 Å². The highest BCUT2D eigenvalue weighted by molar-refractivity contribution is 5.22. The van der Waals surface area contributed by atoms with Crippen molar-refractivity contribution in [2.24, 2.45) is 12.5 Å². The number of hydrogen-bond acceptors (Lipinski definition) is 4. The third-order valence-electron chi connectivity index (χ3n) is 6.43. The Labute approximate surface area is 174 Å². The maximum absolute atomic E-state index is 13.6. The number of halogens is 2. The molecular formula is C23H25F2N5. The second kappa shape index (κ2) is 7.56. The molecule has 2 aliphatic rings. The highest BCUT2D eigenvalue weighted by Gasteiger charge is 2.55. The predicted molar refractivity (Wildman–Crippen MR) is 110 cm³/mol. The number of rotatable bonds is 5. The van der Waals surface area contributed by atoms with Crippen LogP contribution >= 0.6 is 0 Å². The third kappa shape index (κ3) is 3.63. The van der Waals surface area contributed by atoms with Gasteiger partial charge in [-0.1, -0.05) is 30.3 Å². The minimum absolute atomic E-state index is 0.0848. The molecule has 1 atom stereocenters. The van der Waals surface area contributed by atoms with Gasteiger partial charge in [0.05, 0.1) is 0 Å². The predicted octanol–water partition coefficient (Wildman–Crippen LogP) is 3.19. The molecule has 156 valence electrons. The lowest BCUT2D eigenvalue weighted by atomic mass is 9.71. The van der Waals surface area contributed by atoms with Gasteiger partial charge in [0.25, 0.3) is 0 Å². The second-order valence-corrected chi connectivity index (χ2v) is 8.79. The van der Waals surface area contributed by atoms with E-state index in [0.717, 1.165) is 44.6 Å². The molecule has 2 aliphatic heterocycles. The molecule has 2 fully saturated rings. The quantitative estimate of drug-likeness (QED) is 0.649. The summed E-state index contributed by atoms with van der Waals surface area (Å²) < 4.78 is 29.1. The Balaban J connectivity index is 1.33. The van der Waals surface area contributed by atoms with E-state index in [1.807, 2.05) is 17.7 Å². The highest BCUT2D eigenvalue weighted by Crippen LogP contribution is 2.49. The van der Waals surface area contributed by atoms with E-state index in [2.05, 4.69) is 44.3 Å². The van der Waals surface area contributed by atoms with Crippen molar-refractivity contribution in [2.45, 2.75) is 19.0 Å². The van der Waals surface area contributed by atoms with Crippen molar-refractivity contribution >= 4 is 0 Å². The number of likely N-dealkylation sites (tertiary alicyclic amines) is 2. The van der Waals surface area contributed by atoms with Crippen LogP contribution in [0.2, 0.25) is 0 Å². The van der Waals surface area contributed by atoms with Gasteiger partial charge in [-0.15, -0.1) is 10.2 Å². The van der Waals surface area contributed by atoms with E-state index in [-0.39, 0.29) is 11.3 Å². The maximum Gasteiger partial charge on any atom is 0.137 e. The first-order chi connectivity index (χ1) is 14.5. The van der Waals surface area contributed by atoms with Crippen molar-refractivity contribution in [3.05, 3.63) is 83.4 Å². The summed E-state index contributed by atoms with van der Waals surface area (Å²) in [5.74, 6) is 0.260. The van der Waals surface area contributed by atoms with Crippen LogP contribution in [0.4, 0.5) is 8.78 Å². The first kappa shape index (κ1) is 19.3. The van der Waals surface area contributed by atoms with E-state index in [0.29, 0.717) is 12.1 Å². The first-order valence-corrected chi connectivity index (χ1v) is 10.3. The lowest BCUT2D eigenvalue weighted by Gasteiger charge is -2.51. The number of aromatic nitrogens is 3. The first-order valence-electron chi connectivity index (χ1n) is 10.3. The highest BCUT2D eigenvalue weighted by atomic mass is 19.1. The summed E-state index contributed by atoms with van der Waals surface area (Å²) in [6, 6.07) is 14.3. The zero-order valence-electron chi connectivity index (χ0n) is 17.0. The number of nitrogens with zero attached hydrogens (tertiary/aromatic N) is 5. The summed E-state index contributed by atoms with van der Waals surface area (Å²) in [6.07, 6.45) is 1.76. The van der Waals surface area contributed by atoms with Gasteiger partial charge in [0.15, 0.2) is 0 Å². The van der Waals surface area contributed by atoms with Gasteiger partial charge in [-0.25, -0.2) is 8.78 Å². The molecule has 2 aromatic carbocycles. The van der Waals surface area contributed by atoms with Gasteiger partial charge in [0, 0.05) is 63.7 Å². The van der Waals surface area contributed by atoms with Crippen LogP contribution in [0.3, 0.4) is 0 Å². The standard InChI is InChI=1S/C23H25F2N5/c1-28-16-26-27-22(28)21-12-29(10-17-5-3-2-4-6-17)13-23(21)14-30(15-23)11-18-7-19(24)9-20(25)8-18/h2-9,16,21H,10-15H2,1H3. The molecule has 0 radical (unpaired) electrons. The van der Waals surface area contributed by atoms with E-state index in [4.69, 9.17) is 0 Å². The molecule has 7 heteroatoms. The van der Waals surface area contributed by atoms with E-state index in [1.54, 1.807) is 6.33 Å². The normalized spacial score (nSPS) is 21.2. The van der Waals surface area contributed by atoms with Gasteiger partial charge >= 0.3 is 0 Å². The Morgan fingerprint density at radius 3 is 2.27 bits per heavy atom. The molecule has 0 aliphatic carbocycles. The molecule has 1 unspecified atom stereocenters. The smallest absolute Gasteiger partial charge is 0.137 e. The largest absolute Gasteiger partial charge is 0.320 e. The zero-order valence-corrected chi connectivity index (χ0v) is 17.0. The molecule has 0 bridgehead atoms. The summed E-state index contributed by atoms with van der Waals surface area (Å²) >= 11 is 0. The summed E-state index contributed by atoms with van der Waals surface area (Å²) in [5, 5.41) is 8.52. The van der Waals surface area contributed by atoms with E-state index in [9.17, 15) is 8.78 Å². The lowest BCUT2D eigenvalue weighted by Crippen LogP contribution is -2.59. The van der Waals surface area contributed by atoms with Crippen LogP contribution in [-0.2, 0) is 20.1 Å². The summed E-state index contributed by atoms with van der Waals surface area (Å²) in [4.78, 5) is 4.76. The van der Waals surface area contributed by atoms with Crippen LogP contribution in [0.5, 0.6) is 0 Å². The van der Waals surface area contributed by atoms with Crippen molar-refractivity contribution in [3.63, 3.8) is 0 Å². The fourth-order valence-corrected chi connectivity index (χ4v) is 5.23. The number of aryl methyl sites for hydroxylation is 1. The fourth-order valence-electron chi connectivity index (χ4n) is 5.23. The summed E-state index contributed by atoms with van der Waals surface area (Å²) in [7, 11) is 1.99. The molecule has 3 aromatic rings. The van der Waals surface area contributed by atoms with Crippen LogP contribution in [0.15, 0.2) is 54.9 Å². The topological polar surface area (TPSA) is 37.2 Å². The van der Waals surface area contributed by atoms with E-state index < -0.39 is 11.6 Å².